The Kier molecular flexibility index (Phi) is 3.88. The first-order valence-corrected chi connectivity index (χ1v) is 4.47. The Labute approximate surface area is 88.0 Å². The number of hydrogen-bond acceptors (Lipinski definition) is 4. The second kappa shape index (κ2) is 5.17. The number of phenolic OH excluding ortho intramolecular Hbond substituents is 1. The highest BCUT2D eigenvalue weighted by Gasteiger charge is 2.07. The molecule has 0 fully saturated rings. The van der Waals surface area contributed by atoms with Gasteiger partial charge in [-0.25, -0.2) is 4.79 Å². The minimum Gasteiger partial charge on any atom is -0.507 e. The number of esters is 1. The number of hydrogen-bond donors (Lipinski definition) is 2. The number of benzene rings is 1. The summed E-state index contributed by atoms with van der Waals surface area (Å²) in [4.78, 5) is 11.2. The Morgan fingerprint density at radius 3 is 2.93 bits per heavy atom. The van der Waals surface area contributed by atoms with E-state index >= 15 is 0 Å². The number of ether oxygens (including phenoxy) is 1. The van der Waals surface area contributed by atoms with Crippen LogP contribution in [0.4, 0.5) is 0 Å². The van der Waals surface area contributed by atoms with Crippen molar-refractivity contribution in [2.24, 2.45) is 5.73 Å². The van der Waals surface area contributed by atoms with Gasteiger partial charge in [-0.2, -0.15) is 0 Å². The molecule has 0 spiro atoms. The highest BCUT2D eigenvalue weighted by atomic mass is 16.5. The number of carbonyl (C=O) groups is 1. The summed E-state index contributed by atoms with van der Waals surface area (Å²) >= 11 is 0. The molecule has 0 radical (unpaired) electrons. The second-order valence-corrected chi connectivity index (χ2v) is 2.90. The van der Waals surface area contributed by atoms with Gasteiger partial charge in [0.05, 0.1) is 12.7 Å². The lowest BCUT2D eigenvalue weighted by Gasteiger charge is -2.02. The highest BCUT2D eigenvalue weighted by Crippen LogP contribution is 2.20. The van der Waals surface area contributed by atoms with E-state index in [-0.39, 0.29) is 5.75 Å². The van der Waals surface area contributed by atoms with Crippen LogP contribution in [0.5, 0.6) is 5.75 Å². The van der Waals surface area contributed by atoms with Gasteiger partial charge in [0, 0.05) is 12.1 Å². The first-order valence-electron chi connectivity index (χ1n) is 4.47. The predicted octanol–water partition coefficient (Wildman–Crippen LogP) is 1.15. The van der Waals surface area contributed by atoms with E-state index in [0.29, 0.717) is 17.7 Å². The number of nitrogens with two attached hydrogens (primary N) is 1. The number of methoxy groups -OCH3 is 1. The lowest BCUT2D eigenvalue weighted by Crippen LogP contribution is -2.01. The normalized spacial score (nSPS) is 10.5. The Morgan fingerprint density at radius 1 is 1.60 bits per heavy atom. The molecule has 1 aromatic carbocycles. The maximum absolute atomic E-state index is 11.2. The van der Waals surface area contributed by atoms with Gasteiger partial charge in [-0.1, -0.05) is 12.2 Å². The Balaban J connectivity index is 3.05. The number of aromatic hydroxyl groups is 1. The molecule has 0 saturated carbocycles. The van der Waals surface area contributed by atoms with Crippen LogP contribution >= 0.6 is 0 Å². The van der Waals surface area contributed by atoms with E-state index in [1.165, 1.54) is 19.2 Å². The van der Waals surface area contributed by atoms with Crippen molar-refractivity contribution >= 4 is 12.0 Å². The standard InChI is InChI=1S/C11H13NO3/c1-15-11(14)9-4-5-10(13)8(7-9)3-2-6-12/h2-5,7,13H,6,12H2,1H3. The molecule has 0 saturated heterocycles. The van der Waals surface area contributed by atoms with E-state index in [1.54, 1.807) is 18.2 Å². The van der Waals surface area contributed by atoms with Gasteiger partial charge in [0.15, 0.2) is 0 Å². The molecular weight excluding hydrogens is 194 g/mol. The van der Waals surface area contributed by atoms with Crippen LogP contribution in [0, 0.1) is 0 Å². The molecule has 0 bridgehead atoms. The van der Waals surface area contributed by atoms with Crippen molar-refractivity contribution in [3.8, 4) is 5.75 Å². The number of carbonyl (C=O) groups excluding carboxylic acids is 1. The molecule has 1 aromatic rings. The smallest absolute Gasteiger partial charge is 0.337 e. The van der Waals surface area contributed by atoms with Gasteiger partial charge in [0.2, 0.25) is 0 Å². The molecule has 0 unspecified atom stereocenters. The molecular formula is C11H13NO3. The number of rotatable bonds is 3. The lowest BCUT2D eigenvalue weighted by atomic mass is 10.1. The summed E-state index contributed by atoms with van der Waals surface area (Å²) < 4.78 is 4.57. The van der Waals surface area contributed by atoms with Gasteiger partial charge in [-0.05, 0) is 18.2 Å². The molecule has 0 aromatic heterocycles. The molecule has 4 nitrogen and oxygen atoms in total. The molecule has 0 atom stereocenters. The fourth-order valence-corrected chi connectivity index (χ4v) is 1.13. The van der Waals surface area contributed by atoms with E-state index in [4.69, 9.17) is 5.73 Å². The van der Waals surface area contributed by atoms with Gasteiger partial charge in [-0.3, -0.25) is 0 Å². The van der Waals surface area contributed by atoms with Crippen LogP contribution in [0.15, 0.2) is 24.3 Å². The van der Waals surface area contributed by atoms with Crippen molar-refractivity contribution in [3.05, 3.63) is 35.4 Å². The van der Waals surface area contributed by atoms with Crippen LogP contribution in [0.1, 0.15) is 15.9 Å². The van der Waals surface area contributed by atoms with Gasteiger partial charge >= 0.3 is 5.97 Å². The van der Waals surface area contributed by atoms with E-state index in [2.05, 4.69) is 4.74 Å². The fraction of sp³-hybridized carbons (Fsp3) is 0.182. The van der Waals surface area contributed by atoms with E-state index in [9.17, 15) is 9.90 Å². The number of phenols is 1. The summed E-state index contributed by atoms with van der Waals surface area (Å²) in [5.74, 6) is -0.329. The highest BCUT2D eigenvalue weighted by molar-refractivity contribution is 5.90. The molecule has 0 aliphatic carbocycles. The van der Waals surface area contributed by atoms with Crippen molar-refractivity contribution in [1.82, 2.24) is 0 Å². The summed E-state index contributed by atoms with van der Waals surface area (Å²) in [7, 11) is 1.31. The summed E-state index contributed by atoms with van der Waals surface area (Å²) in [5, 5.41) is 9.47. The summed E-state index contributed by atoms with van der Waals surface area (Å²) in [6.07, 6.45) is 3.35. The van der Waals surface area contributed by atoms with Gasteiger partial charge < -0.3 is 15.6 Å². The maximum Gasteiger partial charge on any atom is 0.337 e. The molecule has 0 aliphatic heterocycles. The van der Waals surface area contributed by atoms with Crippen LogP contribution < -0.4 is 5.73 Å². The monoisotopic (exact) mass is 207 g/mol. The van der Waals surface area contributed by atoms with Crippen LogP contribution in [-0.2, 0) is 4.74 Å². The molecule has 80 valence electrons. The Bertz CT molecular complexity index is 385. The summed E-state index contributed by atoms with van der Waals surface area (Å²) in [6, 6.07) is 4.50. The minimum atomic E-state index is -0.433. The van der Waals surface area contributed by atoms with Gasteiger partial charge in [0.1, 0.15) is 5.75 Å². The van der Waals surface area contributed by atoms with E-state index < -0.39 is 5.97 Å². The SMILES string of the molecule is COC(=O)c1ccc(O)c(C=CCN)c1. The zero-order valence-corrected chi connectivity index (χ0v) is 8.43. The summed E-state index contributed by atoms with van der Waals surface area (Å²) in [5.41, 5.74) is 6.23. The quantitative estimate of drug-likeness (QED) is 0.729. The fourth-order valence-electron chi connectivity index (χ4n) is 1.13. The molecule has 0 aliphatic rings. The largest absolute Gasteiger partial charge is 0.507 e. The zero-order valence-electron chi connectivity index (χ0n) is 8.43. The van der Waals surface area contributed by atoms with Crippen LogP contribution in [0.2, 0.25) is 0 Å². The van der Waals surface area contributed by atoms with Gasteiger partial charge in [-0.15, -0.1) is 0 Å². The average Bonchev–Trinajstić information content (AvgIpc) is 2.27. The molecule has 15 heavy (non-hydrogen) atoms. The zero-order chi connectivity index (χ0) is 11.3. The average molecular weight is 207 g/mol. The third-order valence-electron chi connectivity index (χ3n) is 1.88. The van der Waals surface area contributed by atoms with Crippen LogP contribution in [0.3, 0.4) is 0 Å². The maximum atomic E-state index is 11.2. The predicted molar refractivity (Wildman–Crippen MR) is 57.5 cm³/mol. The van der Waals surface area contributed by atoms with E-state index in [1.807, 2.05) is 0 Å². The summed E-state index contributed by atoms with van der Waals surface area (Å²) in [6.45, 7) is 0.377. The third kappa shape index (κ3) is 2.82. The molecule has 4 heteroatoms. The van der Waals surface area contributed by atoms with Crippen molar-refractivity contribution in [3.63, 3.8) is 0 Å². The van der Waals surface area contributed by atoms with Crippen molar-refractivity contribution in [1.29, 1.82) is 0 Å². The van der Waals surface area contributed by atoms with Crippen LogP contribution in [0.25, 0.3) is 6.08 Å². The van der Waals surface area contributed by atoms with Crippen molar-refractivity contribution in [2.45, 2.75) is 0 Å². The topological polar surface area (TPSA) is 72.5 Å². The lowest BCUT2D eigenvalue weighted by molar-refractivity contribution is 0.0600. The first-order chi connectivity index (χ1) is 7.19. The molecule has 0 heterocycles. The van der Waals surface area contributed by atoms with Crippen molar-refractivity contribution < 1.29 is 14.6 Å². The van der Waals surface area contributed by atoms with Gasteiger partial charge in [0.25, 0.3) is 0 Å². The second-order valence-electron chi connectivity index (χ2n) is 2.90. The minimum absolute atomic E-state index is 0.104. The molecule has 3 N–H and O–H groups in total. The van der Waals surface area contributed by atoms with E-state index in [0.717, 1.165) is 0 Å². The third-order valence-corrected chi connectivity index (χ3v) is 1.88. The molecule has 0 amide bonds. The molecule has 1 rings (SSSR count). The Hall–Kier alpha value is -1.81. The Morgan fingerprint density at radius 2 is 2.33 bits per heavy atom. The first kappa shape index (κ1) is 11.3. The van der Waals surface area contributed by atoms with Crippen LogP contribution in [-0.4, -0.2) is 24.7 Å². The van der Waals surface area contributed by atoms with Crippen molar-refractivity contribution in [2.75, 3.05) is 13.7 Å².